The van der Waals surface area contributed by atoms with Crippen molar-refractivity contribution in [1.29, 1.82) is 0 Å². The molecular weight excluding hydrogens is 1030 g/mol. The molecule has 0 spiro atoms. The van der Waals surface area contributed by atoms with Gasteiger partial charge in [0.2, 0.25) is 0 Å². The molecule has 1 saturated carbocycles. The summed E-state index contributed by atoms with van der Waals surface area (Å²) in [6.45, 7) is 17.7. The SMILES string of the molecule is CC(C)C[C@H]1O[C@@H](C)[C@H](O)[C@@H]1OP(=O)(O)OC1CCC(O)CC1.CC(C)C[C@H]1O[C@@H](C)[C@H](O)[C@@H]1OP(=O)(O)OCCOCCOCCO.CC(C)C[C@H]1O[C@@H](C)[C@H](O)[C@@H]1OP(=O)(O)OCc1ccc(CO)cc1. The van der Waals surface area contributed by atoms with E-state index < -0.39 is 103 Å². The van der Waals surface area contributed by atoms with Crippen LogP contribution in [-0.4, -0.2) is 170 Å². The van der Waals surface area contributed by atoms with Gasteiger partial charge in [0.1, 0.15) is 36.6 Å². The van der Waals surface area contributed by atoms with Crippen LogP contribution in [0.25, 0.3) is 0 Å². The third-order valence-corrected chi connectivity index (χ3v) is 15.3. The molecule has 1 aromatic carbocycles. The lowest BCUT2D eigenvalue weighted by Gasteiger charge is -2.29. The van der Waals surface area contributed by atoms with Gasteiger partial charge in [-0.05, 0) is 94.6 Å². The van der Waals surface area contributed by atoms with Gasteiger partial charge in [-0.1, -0.05) is 65.8 Å². The maximum Gasteiger partial charge on any atom is 0.472 e. The van der Waals surface area contributed by atoms with Crippen LogP contribution in [0.3, 0.4) is 0 Å². The molecule has 5 rings (SSSR count). The Bertz CT molecular complexity index is 1820. The van der Waals surface area contributed by atoms with Crippen LogP contribution in [0.2, 0.25) is 0 Å². The van der Waals surface area contributed by atoms with Crippen molar-refractivity contribution in [1.82, 2.24) is 0 Å². The van der Waals surface area contributed by atoms with E-state index in [-0.39, 0.29) is 64.2 Å². The summed E-state index contributed by atoms with van der Waals surface area (Å²) < 4.78 is 94.5. The van der Waals surface area contributed by atoms with E-state index in [1.54, 1.807) is 45.0 Å². The molecule has 15 atom stereocenters. The van der Waals surface area contributed by atoms with Crippen molar-refractivity contribution in [3.8, 4) is 0 Å². The molecule has 23 nitrogen and oxygen atoms in total. The molecular formula is C47H87O23P3. The van der Waals surface area contributed by atoms with Crippen LogP contribution in [0.5, 0.6) is 0 Å². The zero-order valence-electron chi connectivity index (χ0n) is 43.8. The molecule has 3 unspecified atom stereocenters. The Morgan fingerprint density at radius 2 is 0.890 bits per heavy atom. The Balaban J connectivity index is 0.000000289. The van der Waals surface area contributed by atoms with Gasteiger partial charge in [0, 0.05) is 0 Å². The van der Waals surface area contributed by atoms with Crippen molar-refractivity contribution in [2.24, 2.45) is 17.8 Å². The second kappa shape index (κ2) is 32.2. The third-order valence-electron chi connectivity index (χ3n) is 12.2. The molecule has 4 aliphatic rings. The summed E-state index contributed by atoms with van der Waals surface area (Å²) in [6.07, 6.45) is -5.21. The highest BCUT2D eigenvalue weighted by atomic mass is 31.2. The van der Waals surface area contributed by atoms with Gasteiger partial charge < -0.3 is 69.0 Å². The minimum Gasteiger partial charge on any atom is -0.394 e. The molecule has 26 heteroatoms. The number of benzene rings is 1. The first-order valence-electron chi connectivity index (χ1n) is 25.3. The second-order valence-corrected chi connectivity index (χ2v) is 24.4. The molecule has 3 aliphatic heterocycles. The van der Waals surface area contributed by atoms with Gasteiger partial charge in [0.15, 0.2) is 0 Å². The van der Waals surface area contributed by atoms with Gasteiger partial charge >= 0.3 is 23.5 Å². The van der Waals surface area contributed by atoms with E-state index in [9.17, 15) is 48.8 Å². The number of ether oxygens (including phenoxy) is 5. The first-order valence-corrected chi connectivity index (χ1v) is 29.8. The van der Waals surface area contributed by atoms with E-state index in [4.69, 9.17) is 61.0 Å². The van der Waals surface area contributed by atoms with Crippen molar-refractivity contribution >= 4 is 23.5 Å². The Morgan fingerprint density at radius 1 is 0.521 bits per heavy atom. The quantitative estimate of drug-likeness (QED) is 0.0410. The fraction of sp³-hybridized carbons (Fsp3) is 0.872. The zero-order valence-corrected chi connectivity index (χ0v) is 46.5. The molecule has 428 valence electrons. The monoisotopic (exact) mass is 1110 g/mol. The smallest absolute Gasteiger partial charge is 0.394 e. The first-order chi connectivity index (χ1) is 34.2. The summed E-state index contributed by atoms with van der Waals surface area (Å²) in [5.41, 5.74) is 1.41. The van der Waals surface area contributed by atoms with Gasteiger partial charge in [-0.15, -0.1) is 0 Å². The van der Waals surface area contributed by atoms with Crippen LogP contribution in [0, 0.1) is 17.8 Å². The predicted octanol–water partition coefficient (Wildman–Crippen LogP) is 5.07. The van der Waals surface area contributed by atoms with E-state index in [0.717, 1.165) is 5.56 Å². The minimum atomic E-state index is -4.36. The summed E-state index contributed by atoms with van der Waals surface area (Å²) in [7, 11) is -13.0. The van der Waals surface area contributed by atoms with Crippen LogP contribution in [-0.2, 0) is 77.7 Å². The lowest BCUT2D eigenvalue weighted by Crippen LogP contribution is -2.35. The summed E-state index contributed by atoms with van der Waals surface area (Å²) >= 11 is 0. The van der Waals surface area contributed by atoms with Crippen LogP contribution in [0.15, 0.2) is 24.3 Å². The number of hydrogen-bond acceptors (Lipinski definition) is 20. The average Bonchev–Trinajstić information content (AvgIpc) is 3.82. The largest absolute Gasteiger partial charge is 0.472 e. The zero-order chi connectivity index (χ0) is 54.7. The number of hydrogen-bond donors (Lipinski definition) is 9. The first kappa shape index (κ1) is 66.4. The highest BCUT2D eigenvalue weighted by Gasteiger charge is 2.49. The number of phosphoric ester groups is 3. The van der Waals surface area contributed by atoms with Crippen molar-refractivity contribution in [2.45, 2.75) is 206 Å². The standard InChI is InChI=1S/C17H27O7P.C15H31O9P.C15H29O7P/c1-11(2)8-15-17(16(19)12(3)23-15)24-25(20,21)22-10-14-6-4-13(9-18)5-7-14;1-11(2)10-13-15(14(17)12(3)23-13)24-25(18,19)22-9-8-21-7-6-20-5-4-16;1-9(2)8-13-15(14(17)10(3)20-13)22-23(18,19)21-12-6-4-11(16)5-7-12/h4-7,11-12,15-19H,8-10H2,1-3H3,(H,20,21);11-17H,4-10H2,1-3H3,(H,18,19);9-17H,4-8H2,1-3H3,(H,18,19)/t12-,15+,16-,17+;12-,13+,14-,15+;10-,11?,12?,13+,14-,15+/m000/s1. The molecule has 1 aliphatic carbocycles. The molecule has 9 N–H and O–H groups in total. The Hall–Kier alpha value is -0.890. The average molecular weight is 1110 g/mol. The molecule has 0 bridgehead atoms. The van der Waals surface area contributed by atoms with Crippen molar-refractivity contribution in [3.63, 3.8) is 0 Å². The summed E-state index contributed by atoms with van der Waals surface area (Å²) in [6, 6.07) is 6.80. The summed E-state index contributed by atoms with van der Waals surface area (Å²) in [5.74, 6) is 0.883. The van der Waals surface area contributed by atoms with E-state index in [1.165, 1.54) is 0 Å². The lowest BCUT2D eigenvalue weighted by atomic mass is 9.95. The van der Waals surface area contributed by atoms with Crippen LogP contribution >= 0.6 is 23.5 Å². The van der Waals surface area contributed by atoms with Gasteiger partial charge in [0.05, 0.1) is 102 Å². The second-order valence-electron chi connectivity index (χ2n) is 20.2. The highest BCUT2D eigenvalue weighted by Crippen LogP contribution is 2.51. The number of aliphatic hydroxyl groups excluding tert-OH is 6. The predicted molar refractivity (Wildman–Crippen MR) is 265 cm³/mol. The van der Waals surface area contributed by atoms with Crippen LogP contribution in [0.1, 0.15) is 118 Å². The van der Waals surface area contributed by atoms with Crippen LogP contribution < -0.4 is 0 Å². The number of phosphoric acid groups is 3. The number of rotatable bonds is 27. The fourth-order valence-corrected chi connectivity index (χ4v) is 11.6. The Kier molecular flexibility index (Phi) is 29.3. The molecule has 0 radical (unpaired) electrons. The molecule has 3 saturated heterocycles. The van der Waals surface area contributed by atoms with E-state index >= 15 is 0 Å². The fourth-order valence-electron chi connectivity index (χ4n) is 8.50. The van der Waals surface area contributed by atoms with Gasteiger partial charge in [-0.25, -0.2) is 13.7 Å². The van der Waals surface area contributed by atoms with Gasteiger partial charge in [0.25, 0.3) is 0 Å². The molecule has 3 heterocycles. The maximum absolute atomic E-state index is 12.3. The lowest BCUT2D eigenvalue weighted by molar-refractivity contribution is -0.0142. The van der Waals surface area contributed by atoms with E-state index in [1.807, 2.05) is 41.5 Å². The number of aliphatic hydroxyl groups is 6. The Labute approximate surface area is 430 Å². The maximum atomic E-state index is 12.3. The summed E-state index contributed by atoms with van der Waals surface area (Å²) in [5, 5.41) is 57.5. The third kappa shape index (κ3) is 24.3. The molecule has 4 fully saturated rings. The topological polar surface area (TPSA) is 335 Å². The highest BCUT2D eigenvalue weighted by molar-refractivity contribution is 7.48. The van der Waals surface area contributed by atoms with Crippen molar-refractivity contribution in [2.75, 3.05) is 39.6 Å². The molecule has 1 aromatic rings. The van der Waals surface area contributed by atoms with E-state index in [2.05, 4.69) is 0 Å². The summed E-state index contributed by atoms with van der Waals surface area (Å²) in [4.78, 5) is 29.9. The molecule has 0 amide bonds. The van der Waals surface area contributed by atoms with Gasteiger partial charge in [-0.2, -0.15) is 0 Å². The normalized spacial score (nSPS) is 32.9. The van der Waals surface area contributed by atoms with Crippen molar-refractivity contribution in [3.05, 3.63) is 35.4 Å². The Morgan fingerprint density at radius 3 is 1.29 bits per heavy atom. The van der Waals surface area contributed by atoms with E-state index in [0.29, 0.717) is 63.0 Å². The van der Waals surface area contributed by atoms with Gasteiger partial charge in [-0.3, -0.25) is 27.1 Å². The molecule has 73 heavy (non-hydrogen) atoms. The van der Waals surface area contributed by atoms with Crippen molar-refractivity contribution < 1.29 is 110 Å². The molecule has 0 aromatic heterocycles. The van der Waals surface area contributed by atoms with Crippen LogP contribution in [0.4, 0.5) is 0 Å². The minimum absolute atomic E-state index is 0.0543.